The Bertz CT molecular complexity index is 753. The Kier molecular flexibility index (Phi) is 3.73. The van der Waals surface area contributed by atoms with Crippen LogP contribution in [-0.2, 0) is 0 Å². The van der Waals surface area contributed by atoms with E-state index in [1.54, 1.807) is 36.4 Å². The van der Waals surface area contributed by atoms with Crippen molar-refractivity contribution in [1.82, 2.24) is 9.88 Å². The molecule has 0 unspecified atom stereocenters. The number of hydrogen-bond donors (Lipinski definition) is 1. The van der Waals surface area contributed by atoms with Crippen molar-refractivity contribution < 1.29 is 9.59 Å². The van der Waals surface area contributed by atoms with Gasteiger partial charge in [-0.05, 0) is 26.2 Å². The van der Waals surface area contributed by atoms with Gasteiger partial charge in [0.2, 0.25) is 5.78 Å². The summed E-state index contributed by atoms with van der Waals surface area (Å²) >= 11 is 0. The Morgan fingerprint density at radius 3 is 2.32 bits per heavy atom. The van der Waals surface area contributed by atoms with E-state index in [4.69, 9.17) is 0 Å². The number of carbonyl (C=O) groups is 2. The van der Waals surface area contributed by atoms with Crippen LogP contribution < -0.4 is 5.32 Å². The quantitative estimate of drug-likeness (QED) is 0.795. The molecule has 0 spiro atoms. The lowest BCUT2D eigenvalue weighted by Gasteiger charge is -2.17. The van der Waals surface area contributed by atoms with Crippen LogP contribution in [0.2, 0.25) is 0 Å². The van der Waals surface area contributed by atoms with Gasteiger partial charge in [-0.15, -0.1) is 0 Å². The van der Waals surface area contributed by atoms with E-state index in [0.29, 0.717) is 22.5 Å². The molecule has 1 aromatic heterocycles. The predicted octanol–water partition coefficient (Wildman–Crippen LogP) is 1.83. The zero-order valence-electron chi connectivity index (χ0n) is 12.6. The summed E-state index contributed by atoms with van der Waals surface area (Å²) in [6, 6.07) is 10.3. The molecule has 1 heterocycles. The minimum absolute atomic E-state index is 0.141. The lowest BCUT2D eigenvalue weighted by Crippen LogP contribution is -2.24. The first-order chi connectivity index (χ1) is 10.6. The third kappa shape index (κ3) is 2.51. The van der Waals surface area contributed by atoms with Crippen LogP contribution in [0.3, 0.4) is 0 Å². The van der Waals surface area contributed by atoms with Gasteiger partial charge >= 0.3 is 0 Å². The zero-order chi connectivity index (χ0) is 15.7. The molecule has 1 aliphatic carbocycles. The molecule has 1 N–H and O–H groups in total. The van der Waals surface area contributed by atoms with Crippen LogP contribution in [0.15, 0.2) is 36.4 Å². The van der Waals surface area contributed by atoms with Gasteiger partial charge in [-0.2, -0.15) is 0 Å². The molecule has 1 aliphatic rings. The van der Waals surface area contributed by atoms with E-state index in [1.807, 2.05) is 14.1 Å². The molecule has 3 rings (SSSR count). The summed E-state index contributed by atoms with van der Waals surface area (Å²) in [6.07, 6.45) is 0. The van der Waals surface area contributed by atoms with Crippen LogP contribution in [0.1, 0.15) is 32.0 Å². The van der Waals surface area contributed by atoms with Crippen molar-refractivity contribution in [2.24, 2.45) is 0 Å². The molecule has 0 saturated carbocycles. The van der Waals surface area contributed by atoms with Gasteiger partial charge in [0.25, 0.3) is 0 Å². The molecule has 2 aromatic rings. The number of hydrogen-bond acceptors (Lipinski definition) is 5. The van der Waals surface area contributed by atoms with Crippen molar-refractivity contribution in [2.75, 3.05) is 32.5 Å². The minimum Gasteiger partial charge on any atom is -0.369 e. The number of anilines is 1. The molecule has 5 nitrogen and oxygen atoms in total. The van der Waals surface area contributed by atoms with E-state index in [9.17, 15) is 9.59 Å². The van der Waals surface area contributed by atoms with E-state index >= 15 is 0 Å². The van der Waals surface area contributed by atoms with E-state index in [0.717, 1.165) is 13.1 Å². The van der Waals surface area contributed by atoms with Gasteiger partial charge in [0, 0.05) is 24.2 Å². The molecular weight excluding hydrogens is 278 g/mol. The molecule has 0 aliphatic heterocycles. The van der Waals surface area contributed by atoms with Crippen LogP contribution in [0.4, 0.5) is 5.82 Å². The summed E-state index contributed by atoms with van der Waals surface area (Å²) in [6.45, 7) is 1.58. The number of benzene rings is 1. The summed E-state index contributed by atoms with van der Waals surface area (Å²) in [5.74, 6) is 0.278. The second kappa shape index (κ2) is 5.69. The fourth-order valence-corrected chi connectivity index (χ4v) is 2.47. The highest BCUT2D eigenvalue weighted by Gasteiger charge is 2.30. The molecular formula is C17H17N3O2. The number of nitrogens with one attached hydrogen (secondary N) is 1. The van der Waals surface area contributed by atoms with Gasteiger partial charge in [-0.1, -0.05) is 24.3 Å². The molecule has 0 radical (unpaired) electrons. The fourth-order valence-electron chi connectivity index (χ4n) is 2.47. The largest absolute Gasteiger partial charge is 0.369 e. The number of rotatable bonds is 4. The SMILES string of the molecule is CN(C)CCNc1ccc2c(n1)C(=O)c1ccccc1C2=O. The van der Waals surface area contributed by atoms with Crippen molar-refractivity contribution in [3.8, 4) is 0 Å². The number of pyridine rings is 1. The lowest BCUT2D eigenvalue weighted by molar-refractivity contribution is 0.0975. The smallest absolute Gasteiger partial charge is 0.212 e. The summed E-state index contributed by atoms with van der Waals surface area (Å²) < 4.78 is 0. The van der Waals surface area contributed by atoms with Gasteiger partial charge in [-0.25, -0.2) is 4.98 Å². The molecule has 0 bridgehead atoms. The highest BCUT2D eigenvalue weighted by Crippen LogP contribution is 2.26. The Balaban J connectivity index is 1.92. The topological polar surface area (TPSA) is 62.3 Å². The van der Waals surface area contributed by atoms with Crippen molar-refractivity contribution in [3.05, 3.63) is 58.8 Å². The van der Waals surface area contributed by atoms with Gasteiger partial charge < -0.3 is 10.2 Å². The second-order valence-corrected chi connectivity index (χ2v) is 5.53. The van der Waals surface area contributed by atoms with Gasteiger partial charge in [0.05, 0.1) is 5.56 Å². The van der Waals surface area contributed by atoms with Crippen LogP contribution in [0.25, 0.3) is 0 Å². The number of ketones is 2. The number of likely N-dealkylation sites (N-methyl/N-ethyl adjacent to an activating group) is 1. The molecule has 0 saturated heterocycles. The molecule has 5 heteroatoms. The third-order valence-electron chi connectivity index (χ3n) is 3.64. The maximum atomic E-state index is 12.5. The van der Waals surface area contributed by atoms with Crippen molar-refractivity contribution in [1.29, 1.82) is 0 Å². The van der Waals surface area contributed by atoms with E-state index < -0.39 is 0 Å². The molecule has 0 atom stereocenters. The average Bonchev–Trinajstić information content (AvgIpc) is 2.52. The van der Waals surface area contributed by atoms with Crippen molar-refractivity contribution >= 4 is 17.4 Å². The zero-order valence-corrected chi connectivity index (χ0v) is 12.6. The maximum absolute atomic E-state index is 12.5. The number of aromatic nitrogens is 1. The molecule has 1 aromatic carbocycles. The highest BCUT2D eigenvalue weighted by molar-refractivity contribution is 6.27. The molecule has 112 valence electrons. The fraction of sp³-hybridized carbons (Fsp3) is 0.235. The lowest BCUT2D eigenvalue weighted by atomic mass is 9.87. The molecule has 0 amide bonds. The Hall–Kier alpha value is -2.53. The Morgan fingerprint density at radius 2 is 1.64 bits per heavy atom. The van der Waals surface area contributed by atoms with E-state index in [-0.39, 0.29) is 17.3 Å². The highest BCUT2D eigenvalue weighted by atomic mass is 16.1. The predicted molar refractivity (Wildman–Crippen MR) is 84.6 cm³/mol. The van der Waals surface area contributed by atoms with Crippen molar-refractivity contribution in [3.63, 3.8) is 0 Å². The number of carbonyl (C=O) groups excluding carboxylic acids is 2. The second-order valence-electron chi connectivity index (χ2n) is 5.53. The van der Waals surface area contributed by atoms with Crippen LogP contribution in [0, 0.1) is 0 Å². The van der Waals surface area contributed by atoms with Crippen LogP contribution in [0.5, 0.6) is 0 Å². The van der Waals surface area contributed by atoms with Crippen LogP contribution in [-0.4, -0.2) is 48.6 Å². The normalized spacial score (nSPS) is 13.0. The first-order valence-corrected chi connectivity index (χ1v) is 7.16. The summed E-state index contributed by atoms with van der Waals surface area (Å²) in [5, 5.41) is 3.17. The minimum atomic E-state index is -0.193. The van der Waals surface area contributed by atoms with E-state index in [2.05, 4.69) is 15.2 Å². The molecule has 22 heavy (non-hydrogen) atoms. The summed E-state index contributed by atoms with van der Waals surface area (Å²) in [4.78, 5) is 31.4. The first kappa shape index (κ1) is 14.4. The molecule has 0 fully saturated rings. The summed E-state index contributed by atoms with van der Waals surface area (Å²) in [7, 11) is 3.97. The summed E-state index contributed by atoms with van der Waals surface area (Å²) in [5.41, 5.74) is 1.49. The standard InChI is InChI=1S/C17H17N3O2/c1-20(2)10-9-18-14-8-7-13-15(19-14)17(22)12-6-4-3-5-11(12)16(13)21/h3-8H,9-10H2,1-2H3,(H,18,19). The first-order valence-electron chi connectivity index (χ1n) is 7.16. The van der Waals surface area contributed by atoms with Crippen LogP contribution >= 0.6 is 0 Å². The van der Waals surface area contributed by atoms with E-state index in [1.165, 1.54) is 0 Å². The average molecular weight is 295 g/mol. The maximum Gasteiger partial charge on any atom is 0.212 e. The van der Waals surface area contributed by atoms with Gasteiger partial charge in [-0.3, -0.25) is 9.59 Å². The van der Waals surface area contributed by atoms with Gasteiger partial charge in [0.1, 0.15) is 11.5 Å². The van der Waals surface area contributed by atoms with Crippen molar-refractivity contribution in [2.45, 2.75) is 0 Å². The Labute approximate surface area is 129 Å². The monoisotopic (exact) mass is 295 g/mol. The number of fused-ring (bicyclic) bond motifs is 2. The van der Waals surface area contributed by atoms with Gasteiger partial charge in [0.15, 0.2) is 5.78 Å². The third-order valence-corrected chi connectivity index (χ3v) is 3.64. The number of nitrogens with zero attached hydrogens (tertiary/aromatic N) is 2. The Morgan fingerprint density at radius 1 is 0.955 bits per heavy atom.